The summed E-state index contributed by atoms with van der Waals surface area (Å²) in [7, 11) is 0. The molecule has 11 nitrogen and oxygen atoms in total. The molecule has 1 aliphatic heterocycles. The topological polar surface area (TPSA) is 134 Å². The quantitative estimate of drug-likeness (QED) is 0.306. The van der Waals surface area contributed by atoms with Gasteiger partial charge in [0.1, 0.15) is 28.8 Å². The average molecular weight is 568 g/mol. The molecule has 4 heterocycles. The van der Waals surface area contributed by atoms with E-state index >= 15 is 0 Å². The Morgan fingerprint density at radius 1 is 1.18 bits per heavy atom. The molecule has 0 aliphatic carbocycles. The van der Waals surface area contributed by atoms with Crippen LogP contribution < -0.4 is 10.6 Å². The van der Waals surface area contributed by atoms with Crippen LogP contribution >= 0.6 is 11.3 Å². The van der Waals surface area contributed by atoms with E-state index in [0.29, 0.717) is 23.0 Å². The van der Waals surface area contributed by atoms with E-state index in [-0.39, 0.29) is 31.2 Å². The molecule has 13 heteroatoms. The van der Waals surface area contributed by atoms with E-state index in [0.717, 1.165) is 16.0 Å². The van der Waals surface area contributed by atoms with Crippen molar-refractivity contribution in [3.63, 3.8) is 0 Å². The number of imidazole rings is 1. The van der Waals surface area contributed by atoms with Gasteiger partial charge in [-0.1, -0.05) is 23.5 Å². The number of aliphatic hydroxyl groups excluding tert-OH is 1. The van der Waals surface area contributed by atoms with Crippen molar-refractivity contribution < 1.29 is 23.8 Å². The van der Waals surface area contributed by atoms with E-state index in [2.05, 4.69) is 25.6 Å². The molecule has 2 atom stereocenters. The summed E-state index contributed by atoms with van der Waals surface area (Å²) in [5.74, 6) is -0.0665. The first-order chi connectivity index (χ1) is 19.1. The fraction of sp³-hybridized carbons (Fsp3) is 0.370. The number of anilines is 2. The molecular formula is C27H30FN7O4S. The van der Waals surface area contributed by atoms with Crippen molar-refractivity contribution in [2.45, 2.75) is 51.5 Å². The van der Waals surface area contributed by atoms with Crippen LogP contribution in [0.4, 0.5) is 20.1 Å². The average Bonchev–Trinajstić information content (AvgIpc) is 3.62. The van der Waals surface area contributed by atoms with Gasteiger partial charge >= 0.3 is 6.09 Å². The van der Waals surface area contributed by atoms with Crippen LogP contribution in [0.1, 0.15) is 27.2 Å². The summed E-state index contributed by atoms with van der Waals surface area (Å²) < 4.78 is 20.5. The Hall–Kier alpha value is -4.10. The molecule has 3 aromatic heterocycles. The minimum absolute atomic E-state index is 0.0480. The highest BCUT2D eigenvalue weighted by atomic mass is 32.1. The molecule has 0 spiro atoms. The van der Waals surface area contributed by atoms with Gasteiger partial charge in [0.15, 0.2) is 5.13 Å². The Bertz CT molecular complexity index is 1520. The molecule has 1 aromatic carbocycles. The maximum atomic E-state index is 13.2. The molecule has 2 amide bonds. The highest BCUT2D eigenvalue weighted by Crippen LogP contribution is 2.31. The molecular weight excluding hydrogens is 537 g/mol. The molecule has 3 N–H and O–H groups in total. The Morgan fingerprint density at radius 2 is 1.95 bits per heavy atom. The highest BCUT2D eigenvalue weighted by Gasteiger charge is 2.40. The smallest absolute Gasteiger partial charge is 0.411 e. The summed E-state index contributed by atoms with van der Waals surface area (Å²) in [5.41, 5.74) is 1.67. The summed E-state index contributed by atoms with van der Waals surface area (Å²) >= 11 is 1.42. The van der Waals surface area contributed by atoms with E-state index in [1.165, 1.54) is 28.4 Å². The van der Waals surface area contributed by atoms with Gasteiger partial charge in [0, 0.05) is 31.8 Å². The minimum atomic E-state index is -0.803. The third-order valence-electron chi connectivity index (χ3n) is 6.24. The number of pyridine rings is 1. The lowest BCUT2D eigenvalue weighted by atomic mass is 10.2. The third-order valence-corrected chi connectivity index (χ3v) is 7.20. The molecule has 1 saturated heterocycles. The zero-order valence-electron chi connectivity index (χ0n) is 22.3. The van der Waals surface area contributed by atoms with Crippen molar-refractivity contribution in [3.8, 4) is 10.4 Å². The zero-order valence-corrected chi connectivity index (χ0v) is 23.1. The number of hydrogen-bond acceptors (Lipinski definition) is 9. The summed E-state index contributed by atoms with van der Waals surface area (Å²) in [5, 5.41) is 16.8. The van der Waals surface area contributed by atoms with Gasteiger partial charge in [-0.05, 0) is 38.5 Å². The molecule has 5 rings (SSSR count). The molecule has 4 aromatic rings. The zero-order chi connectivity index (χ0) is 28.4. The second kappa shape index (κ2) is 11.2. The van der Waals surface area contributed by atoms with Crippen LogP contribution in [0.25, 0.3) is 21.5 Å². The number of likely N-dealkylation sites (tertiary alicyclic amines) is 1. The first kappa shape index (κ1) is 27.5. The van der Waals surface area contributed by atoms with Crippen LogP contribution in [-0.2, 0) is 16.1 Å². The predicted molar refractivity (Wildman–Crippen MR) is 149 cm³/mol. The van der Waals surface area contributed by atoms with Crippen molar-refractivity contribution in [1.29, 1.82) is 0 Å². The standard InChI is InChI=1S/C27H30FN7O4S/c1-27(2,3)39-26(38)35-14-18(36)10-21(35)24(37)29-8-9-34-15-32-19-12-30-23(11-20(19)34)33-25-31-13-22(40-25)16-4-6-17(28)7-5-16/h4-7,11-13,15,18,21,36H,8-10,14H2,1-3H3,(H,29,37)(H,30,31,33)/t18-,21?/m1/s1. The van der Waals surface area contributed by atoms with Crippen LogP contribution in [0.5, 0.6) is 0 Å². The van der Waals surface area contributed by atoms with Crippen LogP contribution in [0, 0.1) is 5.82 Å². The maximum Gasteiger partial charge on any atom is 0.411 e. The monoisotopic (exact) mass is 567 g/mol. The number of aromatic nitrogens is 4. The lowest BCUT2D eigenvalue weighted by Gasteiger charge is -2.27. The molecule has 0 saturated carbocycles. The van der Waals surface area contributed by atoms with Gasteiger partial charge in [0.25, 0.3) is 0 Å². The van der Waals surface area contributed by atoms with Crippen molar-refractivity contribution in [1.82, 2.24) is 29.7 Å². The molecule has 1 aliphatic rings. The second-order valence-electron chi connectivity index (χ2n) is 10.5. The van der Waals surface area contributed by atoms with Crippen LogP contribution in [0.15, 0.2) is 49.1 Å². The number of ether oxygens (including phenoxy) is 1. The minimum Gasteiger partial charge on any atom is -0.444 e. The Morgan fingerprint density at radius 3 is 2.70 bits per heavy atom. The summed E-state index contributed by atoms with van der Waals surface area (Å²) in [6, 6.07) is 7.28. The first-order valence-corrected chi connectivity index (χ1v) is 13.6. The second-order valence-corrected chi connectivity index (χ2v) is 11.5. The van der Waals surface area contributed by atoms with Crippen molar-refractivity contribution >= 4 is 45.3 Å². The van der Waals surface area contributed by atoms with Gasteiger partial charge in [-0.15, -0.1) is 0 Å². The fourth-order valence-electron chi connectivity index (χ4n) is 4.40. The van der Waals surface area contributed by atoms with E-state index in [1.807, 2.05) is 10.6 Å². The predicted octanol–water partition coefficient (Wildman–Crippen LogP) is 3.92. The van der Waals surface area contributed by atoms with Gasteiger partial charge < -0.3 is 25.0 Å². The lowest BCUT2D eigenvalue weighted by molar-refractivity contribution is -0.125. The van der Waals surface area contributed by atoms with Gasteiger partial charge in [-0.25, -0.2) is 24.1 Å². The first-order valence-electron chi connectivity index (χ1n) is 12.8. The number of benzene rings is 1. The number of nitrogens with one attached hydrogen (secondary N) is 2. The van der Waals surface area contributed by atoms with Crippen molar-refractivity contribution in [3.05, 3.63) is 54.9 Å². The molecule has 0 bridgehead atoms. The number of halogens is 1. The number of hydrogen-bond donors (Lipinski definition) is 3. The van der Waals surface area contributed by atoms with E-state index in [9.17, 15) is 19.1 Å². The van der Waals surface area contributed by atoms with Gasteiger partial charge in [-0.3, -0.25) is 9.69 Å². The molecule has 40 heavy (non-hydrogen) atoms. The largest absolute Gasteiger partial charge is 0.444 e. The number of carbonyl (C=O) groups excluding carboxylic acids is 2. The van der Waals surface area contributed by atoms with Crippen LogP contribution in [0.3, 0.4) is 0 Å². The van der Waals surface area contributed by atoms with Gasteiger partial charge in [0.05, 0.1) is 35.6 Å². The number of thiazole rings is 1. The third kappa shape index (κ3) is 6.37. The number of amides is 2. The van der Waals surface area contributed by atoms with Crippen molar-refractivity contribution in [2.75, 3.05) is 18.4 Å². The number of carbonyl (C=O) groups is 2. The SMILES string of the molecule is CC(C)(C)OC(=O)N1C[C@H](O)CC1C(=O)NCCn1cnc2cnc(Nc3ncc(-c4ccc(F)cc4)s3)cc21. The lowest BCUT2D eigenvalue weighted by Crippen LogP contribution is -2.48. The normalized spacial score (nSPS) is 17.3. The number of fused-ring (bicyclic) bond motifs is 1. The number of nitrogens with zero attached hydrogens (tertiary/aromatic N) is 5. The Labute approximate surface area is 234 Å². The van der Waals surface area contributed by atoms with Gasteiger partial charge in [-0.2, -0.15) is 0 Å². The highest BCUT2D eigenvalue weighted by molar-refractivity contribution is 7.18. The fourth-order valence-corrected chi connectivity index (χ4v) is 5.23. The van der Waals surface area contributed by atoms with Crippen molar-refractivity contribution in [2.24, 2.45) is 0 Å². The van der Waals surface area contributed by atoms with Gasteiger partial charge in [0.2, 0.25) is 5.91 Å². The number of aliphatic hydroxyl groups is 1. The van der Waals surface area contributed by atoms with Crippen LogP contribution in [-0.4, -0.2) is 72.4 Å². The maximum absolute atomic E-state index is 13.2. The summed E-state index contributed by atoms with van der Waals surface area (Å²) in [6.45, 7) is 6.02. The van der Waals surface area contributed by atoms with E-state index in [4.69, 9.17) is 4.74 Å². The molecule has 1 unspecified atom stereocenters. The van der Waals surface area contributed by atoms with E-state index in [1.54, 1.807) is 51.6 Å². The molecule has 1 fully saturated rings. The summed E-state index contributed by atoms with van der Waals surface area (Å²) in [6.07, 6.45) is 3.79. The van der Waals surface area contributed by atoms with Crippen LogP contribution in [0.2, 0.25) is 0 Å². The number of β-amino-alcohol motifs (C(OH)–C–C–N with tert-alkyl or cyclic N) is 1. The van der Waals surface area contributed by atoms with E-state index < -0.39 is 23.8 Å². The molecule has 210 valence electrons. The molecule has 0 radical (unpaired) electrons. The number of rotatable bonds is 7. The summed E-state index contributed by atoms with van der Waals surface area (Å²) in [4.78, 5) is 40.8. The Kier molecular flexibility index (Phi) is 7.68. The Balaban J connectivity index is 1.21.